The van der Waals surface area contributed by atoms with Crippen molar-refractivity contribution in [3.05, 3.63) is 0 Å². The molecular weight excluding hydrogens is 406 g/mol. The summed E-state index contributed by atoms with van der Waals surface area (Å²) in [5, 5.41) is 30.9. The zero-order valence-corrected chi connectivity index (χ0v) is 23.3. The van der Waals surface area contributed by atoms with Gasteiger partial charge >= 0.3 is 109 Å². The zero-order valence-electron chi connectivity index (χ0n) is 17.1. The molecule has 0 amide bonds. The third-order valence-corrected chi connectivity index (χ3v) is 4.01. The minimum Gasteiger partial charge on any atom is -0.550 e. The summed E-state index contributed by atoms with van der Waals surface area (Å²) in [6, 6.07) is 0. The van der Waals surface area contributed by atoms with E-state index >= 15 is 0 Å². The van der Waals surface area contributed by atoms with E-state index < -0.39 is 36.4 Å². The molecule has 0 aromatic rings. The summed E-state index contributed by atoms with van der Waals surface area (Å²) in [7, 11) is 0. The van der Waals surface area contributed by atoms with Crippen molar-refractivity contribution < 1.29 is 137 Å². The van der Waals surface area contributed by atoms with Crippen LogP contribution in [0.5, 0.6) is 0 Å². The minimum absolute atomic E-state index is 0. The van der Waals surface area contributed by atoms with Gasteiger partial charge in [0.15, 0.2) is 0 Å². The number of hydrogen-bond acceptors (Lipinski definition) is 7. The van der Waals surface area contributed by atoms with Crippen LogP contribution < -0.4 is 113 Å². The number of carbonyl (C=O) groups excluding carboxylic acids is 3. The van der Waals surface area contributed by atoms with Gasteiger partial charge in [0.25, 0.3) is 0 Å². The maximum Gasteiger partial charge on any atom is 1.00 e. The Morgan fingerprint density at radius 1 is 0.815 bits per heavy atom. The SMILES string of the molecule is CCCCCCCCCCCCOC(=O)CC(O)(CC(=O)[O-])C(=O)[O-].[K+].[K+]. The third-order valence-electron chi connectivity index (χ3n) is 4.01. The van der Waals surface area contributed by atoms with Crippen molar-refractivity contribution in [3.63, 3.8) is 0 Å². The second-order valence-corrected chi connectivity index (χ2v) is 6.45. The molecule has 0 aromatic heterocycles. The molecule has 0 fully saturated rings. The molecule has 0 aromatic carbocycles. The van der Waals surface area contributed by atoms with Gasteiger partial charge in [-0.1, -0.05) is 64.7 Å². The second-order valence-electron chi connectivity index (χ2n) is 6.45. The summed E-state index contributed by atoms with van der Waals surface area (Å²) in [4.78, 5) is 32.8. The van der Waals surface area contributed by atoms with Gasteiger partial charge in [-0.15, -0.1) is 0 Å². The van der Waals surface area contributed by atoms with Crippen molar-refractivity contribution in [2.24, 2.45) is 0 Å². The molecule has 0 bridgehead atoms. The first-order valence-electron chi connectivity index (χ1n) is 9.11. The Kier molecular flexibility index (Phi) is 25.8. The van der Waals surface area contributed by atoms with Crippen molar-refractivity contribution in [1.82, 2.24) is 0 Å². The van der Waals surface area contributed by atoms with Gasteiger partial charge in [-0.2, -0.15) is 0 Å². The van der Waals surface area contributed by atoms with Gasteiger partial charge in [0, 0.05) is 12.4 Å². The number of unbranched alkanes of at least 4 members (excludes halogenated alkanes) is 9. The number of rotatable bonds is 16. The summed E-state index contributed by atoms with van der Waals surface area (Å²) in [5.74, 6) is -4.79. The molecule has 0 spiro atoms. The molecule has 1 atom stereocenters. The van der Waals surface area contributed by atoms with Crippen LogP contribution in [0.2, 0.25) is 0 Å². The fourth-order valence-corrected chi connectivity index (χ4v) is 2.51. The number of carboxylic acid groups (broad SMARTS) is 2. The van der Waals surface area contributed by atoms with Crippen molar-refractivity contribution in [2.45, 2.75) is 89.6 Å². The summed E-state index contributed by atoms with van der Waals surface area (Å²) in [6.07, 6.45) is 9.08. The smallest absolute Gasteiger partial charge is 0.550 e. The Hall–Kier alpha value is 1.64. The average Bonchev–Trinajstić information content (AvgIpc) is 2.51. The van der Waals surface area contributed by atoms with Crippen LogP contribution in [0.4, 0.5) is 0 Å². The summed E-state index contributed by atoms with van der Waals surface area (Å²) >= 11 is 0. The maximum atomic E-state index is 11.5. The van der Waals surface area contributed by atoms with Crippen molar-refractivity contribution in [3.8, 4) is 0 Å². The molecule has 146 valence electrons. The van der Waals surface area contributed by atoms with Crippen molar-refractivity contribution >= 4 is 17.9 Å². The van der Waals surface area contributed by atoms with Crippen molar-refractivity contribution in [2.75, 3.05) is 6.61 Å². The number of carbonyl (C=O) groups is 3. The van der Waals surface area contributed by atoms with Crippen LogP contribution in [0.25, 0.3) is 0 Å². The molecule has 0 radical (unpaired) electrons. The van der Waals surface area contributed by atoms with E-state index in [9.17, 15) is 29.7 Å². The first kappa shape index (κ1) is 33.3. The van der Waals surface area contributed by atoms with Gasteiger partial charge in [-0.05, 0) is 6.42 Å². The molecule has 1 unspecified atom stereocenters. The summed E-state index contributed by atoms with van der Waals surface area (Å²) in [5.41, 5.74) is -2.80. The van der Waals surface area contributed by atoms with E-state index in [1.807, 2.05) is 0 Å². The number of hydrogen-bond donors (Lipinski definition) is 1. The van der Waals surface area contributed by atoms with E-state index in [1.165, 1.54) is 38.5 Å². The van der Waals surface area contributed by atoms with Gasteiger partial charge in [-0.3, -0.25) is 4.79 Å². The largest absolute Gasteiger partial charge is 1.00 e. The number of aliphatic hydroxyl groups is 1. The number of carboxylic acids is 2. The number of esters is 1. The molecule has 0 heterocycles. The quantitative estimate of drug-likeness (QED) is 0.145. The molecule has 0 saturated heterocycles. The van der Waals surface area contributed by atoms with Crippen LogP contribution in [-0.2, 0) is 19.1 Å². The van der Waals surface area contributed by atoms with Gasteiger partial charge in [-0.25, -0.2) is 0 Å². The average molecular weight is 437 g/mol. The Morgan fingerprint density at radius 2 is 1.26 bits per heavy atom. The van der Waals surface area contributed by atoms with Crippen LogP contribution in [0.15, 0.2) is 0 Å². The normalized spacial score (nSPS) is 12.2. The van der Waals surface area contributed by atoms with Gasteiger partial charge in [0.05, 0.1) is 19.0 Å². The first-order chi connectivity index (χ1) is 11.8. The molecule has 0 saturated carbocycles. The van der Waals surface area contributed by atoms with Crippen molar-refractivity contribution in [1.29, 1.82) is 0 Å². The van der Waals surface area contributed by atoms with Gasteiger partial charge in [0.1, 0.15) is 5.60 Å². The van der Waals surface area contributed by atoms with Gasteiger partial charge < -0.3 is 29.6 Å². The second kappa shape index (κ2) is 20.9. The zero-order chi connectivity index (χ0) is 19.1. The molecule has 27 heavy (non-hydrogen) atoms. The van der Waals surface area contributed by atoms with Crippen LogP contribution in [0.3, 0.4) is 0 Å². The molecule has 9 heteroatoms. The van der Waals surface area contributed by atoms with E-state index in [-0.39, 0.29) is 109 Å². The maximum absolute atomic E-state index is 11.5. The van der Waals surface area contributed by atoms with E-state index in [0.717, 1.165) is 19.3 Å². The standard InChI is InChI=1S/C18H32O7.2K/c1-2-3-4-5-6-7-8-9-10-11-12-25-16(21)14-18(24,17(22)23)13-15(19)20;;/h24H,2-14H2,1H3,(H,19,20)(H,22,23);;/q;2*+1/p-2. The molecule has 0 rings (SSSR count). The molecule has 0 aliphatic heterocycles. The predicted molar refractivity (Wildman–Crippen MR) is 87.0 cm³/mol. The summed E-state index contributed by atoms with van der Waals surface area (Å²) in [6.45, 7) is 2.30. The fourth-order valence-electron chi connectivity index (χ4n) is 2.51. The molecular formula is C18H30K2O7. The number of aliphatic carboxylic acids is 2. The van der Waals surface area contributed by atoms with Crippen LogP contribution >= 0.6 is 0 Å². The molecule has 7 nitrogen and oxygen atoms in total. The fraction of sp³-hybridized carbons (Fsp3) is 0.833. The Labute approximate surface area is 247 Å². The third kappa shape index (κ3) is 19.4. The molecule has 1 N–H and O–H groups in total. The molecule has 0 aliphatic rings. The minimum atomic E-state index is -2.80. The Balaban J connectivity index is -0.00000288. The first-order valence-corrected chi connectivity index (χ1v) is 9.11. The van der Waals surface area contributed by atoms with Crippen LogP contribution in [-0.4, -0.2) is 35.2 Å². The Morgan fingerprint density at radius 3 is 1.67 bits per heavy atom. The van der Waals surface area contributed by atoms with E-state index in [1.54, 1.807) is 0 Å². The van der Waals surface area contributed by atoms with Crippen LogP contribution in [0.1, 0.15) is 84.0 Å². The summed E-state index contributed by atoms with van der Waals surface area (Å²) < 4.78 is 4.84. The predicted octanol–water partition coefficient (Wildman–Crippen LogP) is -5.53. The monoisotopic (exact) mass is 436 g/mol. The topological polar surface area (TPSA) is 127 Å². The Bertz CT molecular complexity index is 419. The van der Waals surface area contributed by atoms with E-state index in [4.69, 9.17) is 4.74 Å². The molecule has 0 aliphatic carbocycles. The number of ether oxygens (including phenoxy) is 1. The van der Waals surface area contributed by atoms with E-state index in [2.05, 4.69) is 6.92 Å². The van der Waals surface area contributed by atoms with E-state index in [0.29, 0.717) is 6.42 Å². The van der Waals surface area contributed by atoms with Crippen LogP contribution in [0, 0.1) is 0 Å². The van der Waals surface area contributed by atoms with Gasteiger partial charge in [0.2, 0.25) is 0 Å².